The molecule has 0 heterocycles. The summed E-state index contributed by atoms with van der Waals surface area (Å²) < 4.78 is 35.7. The van der Waals surface area contributed by atoms with E-state index in [1.165, 1.54) is 0 Å². The van der Waals surface area contributed by atoms with Gasteiger partial charge in [-0.05, 0) is 24.5 Å². The van der Waals surface area contributed by atoms with Gasteiger partial charge in [0.25, 0.3) is 0 Å². The number of rotatable bonds is 8. The third-order valence-electron chi connectivity index (χ3n) is 2.02. The highest BCUT2D eigenvalue weighted by Crippen LogP contribution is 2.23. The minimum Gasteiger partial charge on any atom is -0.271 e. The zero-order valence-corrected chi connectivity index (χ0v) is 10.6. The fourth-order valence-electron chi connectivity index (χ4n) is 1.21. The van der Waals surface area contributed by atoms with Gasteiger partial charge in [-0.25, -0.2) is 0 Å². The van der Waals surface area contributed by atoms with Gasteiger partial charge in [0.1, 0.15) is 0 Å². The van der Waals surface area contributed by atoms with Crippen LogP contribution in [0.25, 0.3) is 0 Å². The van der Waals surface area contributed by atoms with E-state index in [-0.39, 0.29) is 12.5 Å². The molecule has 0 amide bonds. The number of hydrogen-bond donors (Lipinski definition) is 2. The van der Waals surface area contributed by atoms with Gasteiger partial charge >= 0.3 is 6.18 Å². The maximum Gasteiger partial charge on any atom is 0.389 e. The summed E-state index contributed by atoms with van der Waals surface area (Å²) in [5, 5.41) is 0. The highest BCUT2D eigenvalue weighted by molar-refractivity contribution is 7.99. The summed E-state index contributed by atoms with van der Waals surface area (Å²) >= 11 is 1.73. The zero-order valence-electron chi connectivity index (χ0n) is 9.81. The Balaban J connectivity index is 3.59. The van der Waals surface area contributed by atoms with E-state index in [9.17, 15) is 13.2 Å². The Labute approximate surface area is 99.5 Å². The molecule has 0 aromatic rings. The Morgan fingerprint density at radius 1 is 1.25 bits per heavy atom. The fraction of sp³-hybridized carbons (Fsp3) is 1.00. The first-order valence-electron chi connectivity index (χ1n) is 5.45. The summed E-state index contributed by atoms with van der Waals surface area (Å²) in [6.07, 6.45) is -4.16. The van der Waals surface area contributed by atoms with Crippen molar-refractivity contribution in [2.45, 2.75) is 45.3 Å². The topological polar surface area (TPSA) is 38.0 Å². The minimum absolute atomic E-state index is 0.0221. The Morgan fingerprint density at radius 2 is 1.88 bits per heavy atom. The predicted molar refractivity (Wildman–Crippen MR) is 63.2 cm³/mol. The molecular formula is C10H21F3N2S. The molecule has 0 aliphatic carbocycles. The summed E-state index contributed by atoms with van der Waals surface area (Å²) in [6, 6.07) is -0.0221. The third kappa shape index (κ3) is 10.6. The Kier molecular flexibility index (Phi) is 8.23. The summed E-state index contributed by atoms with van der Waals surface area (Å²) in [4.78, 5) is 0. The van der Waals surface area contributed by atoms with Gasteiger partial charge in [-0.3, -0.25) is 11.3 Å². The lowest BCUT2D eigenvalue weighted by molar-refractivity contribution is -0.135. The van der Waals surface area contributed by atoms with Gasteiger partial charge in [0.05, 0.1) is 0 Å². The lowest BCUT2D eigenvalue weighted by atomic mass is 10.1. The average Bonchev–Trinajstić information content (AvgIpc) is 2.13. The van der Waals surface area contributed by atoms with Crippen molar-refractivity contribution in [3.8, 4) is 0 Å². The summed E-state index contributed by atoms with van der Waals surface area (Å²) in [6.45, 7) is 4.23. The molecule has 0 bridgehead atoms. The van der Waals surface area contributed by atoms with Crippen molar-refractivity contribution in [3.05, 3.63) is 0 Å². The van der Waals surface area contributed by atoms with Crippen molar-refractivity contribution < 1.29 is 13.2 Å². The van der Waals surface area contributed by atoms with Crippen LogP contribution in [0.1, 0.15) is 33.1 Å². The van der Waals surface area contributed by atoms with Crippen molar-refractivity contribution in [1.82, 2.24) is 5.43 Å². The molecule has 0 aliphatic heterocycles. The van der Waals surface area contributed by atoms with Crippen LogP contribution in [0, 0.1) is 5.92 Å². The summed E-state index contributed by atoms with van der Waals surface area (Å²) in [5.74, 6) is 7.67. The first-order valence-corrected chi connectivity index (χ1v) is 6.61. The molecule has 98 valence electrons. The fourth-order valence-corrected chi connectivity index (χ4v) is 2.36. The molecule has 0 spiro atoms. The van der Waals surface area contributed by atoms with Crippen LogP contribution < -0.4 is 11.3 Å². The van der Waals surface area contributed by atoms with E-state index in [2.05, 4.69) is 19.3 Å². The molecule has 0 aromatic heterocycles. The molecule has 1 unspecified atom stereocenters. The number of thioether (sulfide) groups is 1. The Bertz CT molecular complexity index is 174. The van der Waals surface area contributed by atoms with Crippen LogP contribution in [0.3, 0.4) is 0 Å². The van der Waals surface area contributed by atoms with Gasteiger partial charge in [-0.15, -0.1) is 0 Å². The lowest BCUT2D eigenvalue weighted by Crippen LogP contribution is -2.37. The molecule has 0 radical (unpaired) electrons. The molecule has 0 fully saturated rings. The molecular weight excluding hydrogens is 237 g/mol. The monoisotopic (exact) mass is 258 g/mol. The van der Waals surface area contributed by atoms with Gasteiger partial charge < -0.3 is 0 Å². The normalized spacial score (nSPS) is 14.4. The van der Waals surface area contributed by atoms with Gasteiger partial charge in [-0.1, -0.05) is 13.8 Å². The van der Waals surface area contributed by atoms with E-state index in [1.54, 1.807) is 11.8 Å². The maximum atomic E-state index is 11.9. The van der Waals surface area contributed by atoms with Gasteiger partial charge in [-0.2, -0.15) is 24.9 Å². The molecule has 1 atom stereocenters. The average molecular weight is 258 g/mol. The van der Waals surface area contributed by atoms with Gasteiger partial charge in [0.15, 0.2) is 0 Å². The van der Waals surface area contributed by atoms with E-state index in [4.69, 9.17) is 5.84 Å². The van der Waals surface area contributed by atoms with E-state index >= 15 is 0 Å². The van der Waals surface area contributed by atoms with E-state index in [1.807, 2.05) is 0 Å². The number of hydrazine groups is 1. The van der Waals surface area contributed by atoms with Crippen LogP contribution in [0.2, 0.25) is 0 Å². The molecule has 3 N–H and O–H groups in total. The smallest absolute Gasteiger partial charge is 0.271 e. The molecule has 0 saturated heterocycles. The third-order valence-corrected chi connectivity index (χ3v) is 3.56. The van der Waals surface area contributed by atoms with Crippen LogP contribution in [0.5, 0.6) is 0 Å². The maximum absolute atomic E-state index is 11.9. The molecule has 2 nitrogen and oxygen atoms in total. The van der Waals surface area contributed by atoms with Gasteiger partial charge in [0, 0.05) is 18.2 Å². The molecule has 0 saturated carbocycles. The Hall–Kier alpha value is 0.0600. The second-order valence-electron chi connectivity index (χ2n) is 4.30. The first-order chi connectivity index (χ1) is 7.35. The number of halogens is 3. The lowest BCUT2D eigenvalue weighted by Gasteiger charge is -2.16. The SMILES string of the molecule is CC(C)CSCC(CCCC(F)(F)F)NN. The quantitative estimate of drug-likeness (QED) is 0.519. The first kappa shape index (κ1) is 16.1. The van der Waals surface area contributed by atoms with Crippen LogP contribution in [-0.2, 0) is 0 Å². The van der Waals surface area contributed by atoms with Crippen molar-refractivity contribution in [3.63, 3.8) is 0 Å². The standard InChI is InChI=1S/C10H21F3N2S/c1-8(2)6-16-7-9(15-14)4-3-5-10(11,12)13/h8-9,15H,3-7,14H2,1-2H3. The molecule has 0 aromatic carbocycles. The second-order valence-corrected chi connectivity index (χ2v) is 5.38. The summed E-state index contributed by atoms with van der Waals surface area (Å²) in [5.41, 5.74) is 2.57. The van der Waals surface area contributed by atoms with Crippen molar-refractivity contribution >= 4 is 11.8 Å². The highest BCUT2D eigenvalue weighted by Gasteiger charge is 2.26. The van der Waals surface area contributed by atoms with Gasteiger partial charge in [0.2, 0.25) is 0 Å². The Morgan fingerprint density at radius 3 is 2.31 bits per heavy atom. The summed E-state index contributed by atoms with van der Waals surface area (Å²) in [7, 11) is 0. The molecule has 0 rings (SSSR count). The van der Waals surface area contributed by atoms with E-state index in [0.29, 0.717) is 12.3 Å². The van der Waals surface area contributed by atoms with E-state index < -0.39 is 12.6 Å². The predicted octanol–water partition coefficient (Wildman–Crippen LogP) is 2.94. The molecule has 6 heteroatoms. The number of alkyl halides is 3. The zero-order chi connectivity index (χ0) is 12.6. The van der Waals surface area contributed by atoms with E-state index in [0.717, 1.165) is 11.5 Å². The number of hydrogen-bond acceptors (Lipinski definition) is 3. The van der Waals surface area contributed by atoms with Crippen LogP contribution >= 0.6 is 11.8 Å². The second kappa shape index (κ2) is 8.20. The minimum atomic E-state index is -4.05. The number of nitrogens with two attached hydrogens (primary N) is 1. The largest absolute Gasteiger partial charge is 0.389 e. The van der Waals surface area contributed by atoms with Crippen LogP contribution in [0.4, 0.5) is 13.2 Å². The molecule has 0 aliphatic rings. The van der Waals surface area contributed by atoms with Crippen molar-refractivity contribution in [2.75, 3.05) is 11.5 Å². The van der Waals surface area contributed by atoms with Crippen molar-refractivity contribution in [1.29, 1.82) is 0 Å². The van der Waals surface area contributed by atoms with Crippen LogP contribution in [0.15, 0.2) is 0 Å². The number of nitrogens with one attached hydrogen (secondary N) is 1. The highest BCUT2D eigenvalue weighted by atomic mass is 32.2. The van der Waals surface area contributed by atoms with Crippen LogP contribution in [-0.4, -0.2) is 23.7 Å². The molecule has 16 heavy (non-hydrogen) atoms. The van der Waals surface area contributed by atoms with Crippen molar-refractivity contribution in [2.24, 2.45) is 11.8 Å².